The first kappa shape index (κ1) is 21.3. The van der Waals surface area contributed by atoms with Crippen molar-refractivity contribution in [1.82, 2.24) is 20.5 Å². The van der Waals surface area contributed by atoms with Crippen LogP contribution in [0.3, 0.4) is 0 Å². The largest absolute Gasteiger partial charge is 0.385 e. The average molecular weight is 389 g/mol. The molecule has 10 heteroatoms. The highest BCUT2D eigenvalue weighted by atomic mass is 32.2. The van der Waals surface area contributed by atoms with Crippen LogP contribution in [-0.2, 0) is 14.8 Å². The Kier molecular flexibility index (Phi) is 8.76. The first-order valence-electron chi connectivity index (χ1n) is 7.73. The zero-order valence-corrected chi connectivity index (χ0v) is 16.2. The second-order valence-corrected chi connectivity index (χ2v) is 7.26. The van der Waals surface area contributed by atoms with Gasteiger partial charge in [0.25, 0.3) is 5.91 Å². The minimum absolute atomic E-state index is 0.106. The van der Waals surface area contributed by atoms with Crippen LogP contribution in [0.2, 0.25) is 0 Å². The Bertz CT molecular complexity index is 677. The normalized spacial score (nSPS) is 11.0. The fourth-order valence-electron chi connectivity index (χ4n) is 1.86. The van der Waals surface area contributed by atoms with E-state index in [1.807, 2.05) is 0 Å². The lowest BCUT2D eigenvalue weighted by molar-refractivity contribution is 0.0886. The minimum Gasteiger partial charge on any atom is -0.385 e. The molecule has 0 atom stereocenters. The molecule has 140 valence electrons. The molecule has 0 spiro atoms. The molecule has 1 aromatic rings. The number of amides is 1. The van der Waals surface area contributed by atoms with Crippen molar-refractivity contribution in [2.24, 2.45) is 0 Å². The van der Waals surface area contributed by atoms with Crippen molar-refractivity contribution in [3.8, 4) is 0 Å². The van der Waals surface area contributed by atoms with Gasteiger partial charge in [-0.2, -0.15) is 0 Å². The summed E-state index contributed by atoms with van der Waals surface area (Å²) in [6.45, 7) is 3.24. The third kappa shape index (κ3) is 6.94. The first-order valence-corrected chi connectivity index (χ1v) is 9.62. The van der Waals surface area contributed by atoms with E-state index in [0.29, 0.717) is 30.4 Å². The summed E-state index contributed by atoms with van der Waals surface area (Å²) in [5.41, 5.74) is 2.94. The van der Waals surface area contributed by atoms with Gasteiger partial charge in [-0.25, -0.2) is 13.1 Å². The zero-order valence-electron chi connectivity index (χ0n) is 14.5. The minimum atomic E-state index is -3.54. The van der Waals surface area contributed by atoms with E-state index in [1.165, 1.54) is 29.3 Å². The van der Waals surface area contributed by atoms with E-state index in [4.69, 9.17) is 17.0 Å². The fourth-order valence-corrected chi connectivity index (χ4v) is 3.05. The molecule has 0 heterocycles. The van der Waals surface area contributed by atoms with E-state index in [0.717, 1.165) is 6.42 Å². The molecule has 0 saturated heterocycles. The van der Waals surface area contributed by atoms with Crippen LogP contribution in [0.25, 0.3) is 0 Å². The molecule has 8 nitrogen and oxygen atoms in total. The highest BCUT2D eigenvalue weighted by Gasteiger charge is 2.15. The summed E-state index contributed by atoms with van der Waals surface area (Å²) in [7, 11) is -0.294. The molecule has 0 aliphatic rings. The van der Waals surface area contributed by atoms with Crippen LogP contribution in [0.1, 0.15) is 23.7 Å². The maximum atomic E-state index is 12.2. The molecule has 0 fully saturated rings. The van der Waals surface area contributed by atoms with Crippen LogP contribution in [0.4, 0.5) is 0 Å². The van der Waals surface area contributed by atoms with E-state index in [2.05, 4.69) is 15.5 Å². The smallest absolute Gasteiger partial charge is 0.269 e. The molecule has 0 aliphatic heterocycles. The van der Waals surface area contributed by atoms with Crippen molar-refractivity contribution in [3.63, 3.8) is 0 Å². The monoisotopic (exact) mass is 388 g/mol. The summed E-state index contributed by atoms with van der Waals surface area (Å²) in [5.74, 6) is -0.393. The number of nitrogens with zero attached hydrogens (tertiary/aromatic N) is 1. The van der Waals surface area contributed by atoms with Crippen molar-refractivity contribution in [2.45, 2.75) is 18.2 Å². The number of benzene rings is 1. The maximum absolute atomic E-state index is 12.2. The maximum Gasteiger partial charge on any atom is 0.269 e. The highest BCUT2D eigenvalue weighted by Crippen LogP contribution is 2.10. The van der Waals surface area contributed by atoms with E-state index in [1.54, 1.807) is 21.1 Å². The van der Waals surface area contributed by atoms with Crippen LogP contribution in [0.5, 0.6) is 0 Å². The van der Waals surface area contributed by atoms with Gasteiger partial charge in [-0.1, -0.05) is 6.92 Å². The average Bonchev–Trinajstić information content (AvgIpc) is 2.58. The molecule has 1 rings (SSSR count). The van der Waals surface area contributed by atoms with Crippen molar-refractivity contribution in [3.05, 3.63) is 29.8 Å². The molecule has 0 aromatic heterocycles. The number of carbonyl (C=O) groups is 1. The summed E-state index contributed by atoms with van der Waals surface area (Å²) >= 11 is 5.16. The molecule has 0 saturated carbocycles. The van der Waals surface area contributed by atoms with Crippen molar-refractivity contribution in [1.29, 1.82) is 0 Å². The second-order valence-electron chi connectivity index (χ2n) is 5.10. The summed E-state index contributed by atoms with van der Waals surface area (Å²) in [4.78, 5) is 12.3. The number of sulfonamides is 1. The van der Waals surface area contributed by atoms with Gasteiger partial charge >= 0.3 is 0 Å². The molecular weight excluding hydrogens is 364 g/mol. The molecular formula is C15H24N4O4S2. The van der Waals surface area contributed by atoms with Gasteiger partial charge < -0.3 is 10.1 Å². The standard InChI is InChI=1S/C15H24N4O4S2/c1-4-17-25(21,22)13-8-6-12(7-9-13)14(20)18-19(2)15(24)16-10-5-11-23-3/h6-9,17H,4-5,10-11H2,1-3H3,(H,16,24)(H,18,20). The number of carbonyl (C=O) groups excluding carboxylic acids is 1. The number of hydrazine groups is 1. The molecule has 0 unspecified atom stereocenters. The Hall–Kier alpha value is -1.75. The number of methoxy groups -OCH3 is 1. The Morgan fingerprint density at radius 1 is 1.28 bits per heavy atom. The number of hydrogen-bond donors (Lipinski definition) is 3. The van der Waals surface area contributed by atoms with Gasteiger partial charge in [-0.05, 0) is 42.9 Å². The van der Waals surface area contributed by atoms with E-state index >= 15 is 0 Å². The van der Waals surface area contributed by atoms with E-state index in [-0.39, 0.29) is 4.90 Å². The third-order valence-electron chi connectivity index (χ3n) is 3.14. The second kappa shape index (κ2) is 10.3. The van der Waals surface area contributed by atoms with Gasteiger partial charge in [0.1, 0.15) is 0 Å². The zero-order chi connectivity index (χ0) is 18.9. The predicted octanol–water partition coefficient (Wildman–Crippen LogP) is 0.472. The Morgan fingerprint density at radius 3 is 2.48 bits per heavy atom. The number of ether oxygens (including phenoxy) is 1. The summed E-state index contributed by atoms with van der Waals surface area (Å²) in [6.07, 6.45) is 0.792. The van der Waals surface area contributed by atoms with Gasteiger partial charge in [0, 0.05) is 39.4 Å². The third-order valence-corrected chi connectivity index (χ3v) is 5.12. The number of hydrogen-bond acceptors (Lipinski definition) is 5. The summed E-state index contributed by atoms with van der Waals surface area (Å²) < 4.78 is 31.1. The van der Waals surface area contributed by atoms with E-state index in [9.17, 15) is 13.2 Å². The van der Waals surface area contributed by atoms with E-state index < -0.39 is 15.9 Å². The van der Waals surface area contributed by atoms with Gasteiger partial charge in [0.15, 0.2) is 5.11 Å². The van der Waals surface area contributed by atoms with Gasteiger partial charge in [-0.3, -0.25) is 15.2 Å². The quantitative estimate of drug-likeness (QED) is 0.338. The molecule has 1 aromatic carbocycles. The molecule has 1 amide bonds. The lowest BCUT2D eigenvalue weighted by Crippen LogP contribution is -2.48. The lowest BCUT2D eigenvalue weighted by Gasteiger charge is -2.21. The SMILES string of the molecule is CCNS(=O)(=O)c1ccc(C(=O)NN(C)C(=S)NCCCOC)cc1. The van der Waals surface area contributed by atoms with Crippen LogP contribution in [0, 0.1) is 0 Å². The fraction of sp³-hybridized carbons (Fsp3) is 0.467. The highest BCUT2D eigenvalue weighted by molar-refractivity contribution is 7.89. The Morgan fingerprint density at radius 2 is 1.92 bits per heavy atom. The van der Waals surface area contributed by atoms with Crippen molar-refractivity contribution >= 4 is 33.3 Å². The summed E-state index contributed by atoms with van der Waals surface area (Å²) in [6, 6.07) is 5.66. The van der Waals surface area contributed by atoms with Gasteiger partial charge in [-0.15, -0.1) is 0 Å². The molecule has 0 bridgehead atoms. The number of thiocarbonyl (C=S) groups is 1. The molecule has 0 radical (unpaired) electrons. The van der Waals surface area contributed by atoms with Crippen LogP contribution in [0.15, 0.2) is 29.2 Å². The number of nitrogens with one attached hydrogen (secondary N) is 3. The van der Waals surface area contributed by atoms with Crippen molar-refractivity contribution < 1.29 is 17.9 Å². The summed E-state index contributed by atoms with van der Waals surface area (Å²) in [5, 5.41) is 4.76. The first-order chi connectivity index (χ1) is 11.8. The lowest BCUT2D eigenvalue weighted by atomic mass is 10.2. The van der Waals surface area contributed by atoms with Crippen LogP contribution < -0.4 is 15.5 Å². The van der Waals surface area contributed by atoms with Crippen molar-refractivity contribution in [2.75, 3.05) is 33.9 Å². The van der Waals surface area contributed by atoms with Gasteiger partial charge in [0.2, 0.25) is 10.0 Å². The van der Waals surface area contributed by atoms with Gasteiger partial charge in [0.05, 0.1) is 4.90 Å². The Balaban J connectivity index is 2.61. The van der Waals surface area contributed by atoms with Crippen LogP contribution in [-0.4, -0.2) is 58.3 Å². The Labute approximate surface area is 153 Å². The molecule has 0 aliphatic carbocycles. The topological polar surface area (TPSA) is 99.8 Å². The predicted molar refractivity (Wildman–Crippen MR) is 99.6 cm³/mol. The molecule has 25 heavy (non-hydrogen) atoms. The van der Waals surface area contributed by atoms with Crippen LogP contribution >= 0.6 is 12.2 Å². The number of rotatable bonds is 8. The molecule has 3 N–H and O–H groups in total.